The molecule has 120 valence electrons. The van der Waals surface area contributed by atoms with Gasteiger partial charge in [0.1, 0.15) is 0 Å². The van der Waals surface area contributed by atoms with Crippen molar-refractivity contribution in [3.05, 3.63) is 83.1 Å². The predicted molar refractivity (Wildman–Crippen MR) is 95.8 cm³/mol. The molecule has 2 aromatic carbocycles. The first-order chi connectivity index (χ1) is 11.7. The van der Waals surface area contributed by atoms with Crippen molar-refractivity contribution in [2.75, 3.05) is 7.11 Å². The highest BCUT2D eigenvalue weighted by atomic mass is 35.5. The number of para-hydroxylation sites is 1. The molecule has 0 spiro atoms. The third-order valence-corrected chi connectivity index (χ3v) is 3.78. The normalized spacial score (nSPS) is 10.9. The van der Waals surface area contributed by atoms with Crippen molar-refractivity contribution >= 4 is 29.5 Å². The lowest BCUT2D eigenvalue weighted by atomic mass is 10.2. The number of halogens is 1. The molecule has 24 heavy (non-hydrogen) atoms. The lowest BCUT2D eigenvalue weighted by Gasteiger charge is -2.07. The molecule has 0 aliphatic carbocycles. The van der Waals surface area contributed by atoms with E-state index in [1.807, 2.05) is 53.2 Å². The van der Waals surface area contributed by atoms with Crippen molar-refractivity contribution in [1.29, 1.82) is 0 Å². The third kappa shape index (κ3) is 3.39. The molecular weight excluding hydrogens is 324 g/mol. The van der Waals surface area contributed by atoms with E-state index in [9.17, 15) is 4.79 Å². The molecule has 0 atom stereocenters. The second-order valence-electron chi connectivity index (χ2n) is 5.05. The largest absolute Gasteiger partial charge is 0.465 e. The number of benzene rings is 2. The second kappa shape index (κ2) is 7.15. The summed E-state index contributed by atoms with van der Waals surface area (Å²) in [7, 11) is 1.36. The molecule has 0 fully saturated rings. The Kier molecular flexibility index (Phi) is 4.77. The van der Waals surface area contributed by atoms with Crippen LogP contribution in [-0.2, 0) is 4.74 Å². The van der Waals surface area contributed by atoms with Crippen molar-refractivity contribution in [2.24, 2.45) is 4.99 Å². The second-order valence-corrected chi connectivity index (χ2v) is 5.48. The van der Waals surface area contributed by atoms with Crippen molar-refractivity contribution in [2.45, 2.75) is 0 Å². The number of carbonyl (C=O) groups is 1. The van der Waals surface area contributed by atoms with Crippen LogP contribution in [0, 0.1) is 0 Å². The zero-order valence-electron chi connectivity index (χ0n) is 13.0. The van der Waals surface area contributed by atoms with Crippen LogP contribution in [0.1, 0.15) is 16.1 Å². The first-order valence-electron chi connectivity index (χ1n) is 7.34. The molecule has 0 aliphatic heterocycles. The number of hydrogen-bond acceptors (Lipinski definition) is 3. The van der Waals surface area contributed by atoms with Gasteiger partial charge in [-0.1, -0.05) is 23.7 Å². The van der Waals surface area contributed by atoms with Gasteiger partial charge in [0.25, 0.3) is 0 Å². The molecular formula is C19H15ClN2O2. The van der Waals surface area contributed by atoms with Gasteiger partial charge in [-0.3, -0.25) is 4.99 Å². The van der Waals surface area contributed by atoms with Crippen molar-refractivity contribution < 1.29 is 9.53 Å². The number of ether oxygens (including phenoxy) is 1. The minimum Gasteiger partial charge on any atom is -0.465 e. The fourth-order valence-electron chi connectivity index (χ4n) is 2.34. The fraction of sp³-hybridized carbons (Fsp3) is 0.0526. The van der Waals surface area contributed by atoms with E-state index in [2.05, 4.69) is 4.99 Å². The summed E-state index contributed by atoms with van der Waals surface area (Å²) >= 11 is 5.94. The molecule has 0 N–H and O–H groups in total. The molecule has 0 aliphatic rings. The summed E-state index contributed by atoms with van der Waals surface area (Å²) in [5.74, 6) is -0.407. The highest BCUT2D eigenvalue weighted by Gasteiger charge is 2.10. The maximum atomic E-state index is 11.8. The standard InChI is InChI=1S/C19H15ClN2O2/c1-24-19(23)17-6-2-3-7-18(17)21-13-16-5-4-12-22(16)15-10-8-14(20)9-11-15/h2-13H,1H3. The molecule has 0 amide bonds. The average molecular weight is 339 g/mol. The third-order valence-electron chi connectivity index (χ3n) is 3.53. The Morgan fingerprint density at radius 2 is 1.83 bits per heavy atom. The fourth-order valence-corrected chi connectivity index (χ4v) is 2.47. The Morgan fingerprint density at radius 3 is 2.58 bits per heavy atom. The number of nitrogens with zero attached hydrogens (tertiary/aromatic N) is 2. The number of carbonyl (C=O) groups excluding carboxylic acids is 1. The van der Waals surface area contributed by atoms with Crippen molar-refractivity contribution in [3.63, 3.8) is 0 Å². The molecule has 5 heteroatoms. The van der Waals surface area contributed by atoms with Crippen LogP contribution in [0.25, 0.3) is 5.69 Å². The van der Waals surface area contributed by atoms with Gasteiger partial charge in [0.05, 0.1) is 30.3 Å². The summed E-state index contributed by atoms with van der Waals surface area (Å²) in [6.07, 6.45) is 3.66. The van der Waals surface area contributed by atoms with Crippen LogP contribution in [0.2, 0.25) is 5.02 Å². The quantitative estimate of drug-likeness (QED) is 0.512. The topological polar surface area (TPSA) is 43.6 Å². The lowest BCUT2D eigenvalue weighted by molar-refractivity contribution is 0.0601. The molecule has 1 heterocycles. The van der Waals surface area contributed by atoms with Crippen LogP contribution < -0.4 is 0 Å². The van der Waals surface area contributed by atoms with Gasteiger partial charge in [0.15, 0.2) is 0 Å². The lowest BCUT2D eigenvalue weighted by Crippen LogP contribution is -2.01. The minimum atomic E-state index is -0.407. The number of aromatic nitrogens is 1. The Bertz CT molecular complexity index is 882. The number of aliphatic imine (C=N–C) groups is 1. The molecule has 0 saturated heterocycles. The highest BCUT2D eigenvalue weighted by Crippen LogP contribution is 2.20. The smallest absolute Gasteiger partial charge is 0.340 e. The monoisotopic (exact) mass is 338 g/mol. The SMILES string of the molecule is COC(=O)c1ccccc1N=Cc1cccn1-c1ccc(Cl)cc1. The zero-order valence-corrected chi connectivity index (χ0v) is 13.8. The van der Waals surface area contributed by atoms with Crippen LogP contribution >= 0.6 is 11.6 Å². The van der Waals surface area contributed by atoms with E-state index < -0.39 is 5.97 Å². The van der Waals surface area contributed by atoms with Crippen LogP contribution in [0.15, 0.2) is 71.9 Å². The first kappa shape index (κ1) is 16.0. The average Bonchev–Trinajstić information content (AvgIpc) is 3.08. The van der Waals surface area contributed by atoms with Gasteiger partial charge < -0.3 is 9.30 Å². The zero-order chi connectivity index (χ0) is 16.9. The van der Waals surface area contributed by atoms with Gasteiger partial charge in [-0.15, -0.1) is 0 Å². The summed E-state index contributed by atoms with van der Waals surface area (Å²) in [5, 5.41) is 0.688. The molecule has 0 bridgehead atoms. The minimum absolute atomic E-state index is 0.407. The van der Waals surface area contributed by atoms with E-state index in [4.69, 9.17) is 16.3 Å². The Balaban J connectivity index is 1.93. The van der Waals surface area contributed by atoms with E-state index in [1.54, 1.807) is 24.4 Å². The first-order valence-corrected chi connectivity index (χ1v) is 7.71. The maximum Gasteiger partial charge on any atom is 0.340 e. The van der Waals surface area contributed by atoms with E-state index in [0.29, 0.717) is 16.3 Å². The summed E-state index contributed by atoms with van der Waals surface area (Å²) in [4.78, 5) is 16.3. The van der Waals surface area contributed by atoms with Gasteiger partial charge in [-0.2, -0.15) is 0 Å². The molecule has 0 saturated carbocycles. The number of hydrogen-bond donors (Lipinski definition) is 0. The van der Waals surface area contributed by atoms with E-state index in [1.165, 1.54) is 7.11 Å². The van der Waals surface area contributed by atoms with Crippen LogP contribution in [0.5, 0.6) is 0 Å². The Hall–Kier alpha value is -2.85. The van der Waals surface area contributed by atoms with Crippen molar-refractivity contribution in [3.8, 4) is 5.69 Å². The Labute approximate surface area is 145 Å². The molecule has 4 nitrogen and oxygen atoms in total. The summed E-state index contributed by atoms with van der Waals surface area (Å²) in [6, 6.07) is 18.5. The number of esters is 1. The van der Waals surface area contributed by atoms with Crippen LogP contribution in [0.4, 0.5) is 5.69 Å². The Morgan fingerprint density at radius 1 is 1.08 bits per heavy atom. The van der Waals surface area contributed by atoms with E-state index in [-0.39, 0.29) is 0 Å². The summed E-state index contributed by atoms with van der Waals surface area (Å²) in [6.45, 7) is 0. The summed E-state index contributed by atoms with van der Waals surface area (Å²) < 4.78 is 6.77. The van der Waals surface area contributed by atoms with Crippen LogP contribution in [0.3, 0.4) is 0 Å². The van der Waals surface area contributed by atoms with E-state index >= 15 is 0 Å². The number of rotatable bonds is 4. The van der Waals surface area contributed by atoms with E-state index in [0.717, 1.165) is 11.4 Å². The van der Waals surface area contributed by atoms with Gasteiger partial charge in [0.2, 0.25) is 0 Å². The predicted octanol–water partition coefficient (Wildman–Crippen LogP) is 4.67. The molecule has 0 unspecified atom stereocenters. The molecule has 1 aromatic heterocycles. The van der Waals surface area contributed by atoms with Gasteiger partial charge in [-0.25, -0.2) is 4.79 Å². The molecule has 3 aromatic rings. The van der Waals surface area contributed by atoms with Gasteiger partial charge in [-0.05, 0) is 48.5 Å². The highest BCUT2D eigenvalue weighted by molar-refractivity contribution is 6.30. The molecule has 3 rings (SSSR count). The van der Waals surface area contributed by atoms with Crippen LogP contribution in [-0.4, -0.2) is 23.9 Å². The van der Waals surface area contributed by atoms with Gasteiger partial charge >= 0.3 is 5.97 Å². The maximum absolute atomic E-state index is 11.8. The molecule has 0 radical (unpaired) electrons. The number of methoxy groups -OCH3 is 1. The van der Waals surface area contributed by atoms with Crippen molar-refractivity contribution in [1.82, 2.24) is 4.57 Å². The summed E-state index contributed by atoms with van der Waals surface area (Å²) in [5.41, 5.74) is 2.86. The van der Waals surface area contributed by atoms with Gasteiger partial charge in [0, 0.05) is 16.9 Å².